The third-order valence-electron chi connectivity index (χ3n) is 3.86. The minimum atomic E-state index is -0.483. The van der Waals surface area contributed by atoms with Crippen LogP contribution >= 0.6 is 0 Å². The van der Waals surface area contributed by atoms with Gasteiger partial charge in [0.2, 0.25) is 0 Å². The van der Waals surface area contributed by atoms with E-state index in [-0.39, 0.29) is 12.1 Å². The van der Waals surface area contributed by atoms with Crippen LogP contribution < -0.4 is 10.2 Å². The van der Waals surface area contributed by atoms with Crippen LogP contribution in [0.5, 0.6) is 0 Å². The van der Waals surface area contributed by atoms with E-state index in [1.807, 2.05) is 33.0 Å². The van der Waals surface area contributed by atoms with E-state index < -0.39 is 5.60 Å². The van der Waals surface area contributed by atoms with Crippen molar-refractivity contribution in [2.45, 2.75) is 45.3 Å². The molecule has 1 fully saturated rings. The SMILES string of the molecule is CC(C)(C)OC(=O)NC[C@@H]1CCCN1c1ncnc2[nH]ccc12. The van der Waals surface area contributed by atoms with Crippen molar-refractivity contribution in [1.29, 1.82) is 0 Å². The quantitative estimate of drug-likeness (QED) is 0.908. The number of H-pyrrole nitrogens is 1. The number of ether oxygens (including phenoxy) is 1. The zero-order valence-corrected chi connectivity index (χ0v) is 13.8. The highest BCUT2D eigenvalue weighted by atomic mass is 16.6. The predicted molar refractivity (Wildman–Crippen MR) is 88.5 cm³/mol. The van der Waals surface area contributed by atoms with Gasteiger partial charge in [-0.1, -0.05) is 0 Å². The molecule has 23 heavy (non-hydrogen) atoms. The van der Waals surface area contributed by atoms with E-state index in [1.165, 1.54) is 0 Å². The van der Waals surface area contributed by atoms with Crippen molar-refractivity contribution in [3.63, 3.8) is 0 Å². The van der Waals surface area contributed by atoms with Crippen molar-refractivity contribution in [1.82, 2.24) is 20.3 Å². The van der Waals surface area contributed by atoms with Gasteiger partial charge in [0.1, 0.15) is 23.4 Å². The summed E-state index contributed by atoms with van der Waals surface area (Å²) < 4.78 is 5.30. The van der Waals surface area contributed by atoms with Crippen LogP contribution in [0.15, 0.2) is 18.6 Å². The molecule has 2 aromatic rings. The Morgan fingerprint density at radius 1 is 1.48 bits per heavy atom. The summed E-state index contributed by atoms with van der Waals surface area (Å²) in [5.41, 5.74) is 0.351. The summed E-state index contributed by atoms with van der Waals surface area (Å²) in [6, 6.07) is 2.21. The van der Waals surface area contributed by atoms with Crippen molar-refractivity contribution in [3.05, 3.63) is 18.6 Å². The summed E-state index contributed by atoms with van der Waals surface area (Å²) in [4.78, 5) is 25.9. The zero-order valence-electron chi connectivity index (χ0n) is 13.8. The summed E-state index contributed by atoms with van der Waals surface area (Å²) in [7, 11) is 0. The number of carbonyl (C=O) groups excluding carboxylic acids is 1. The van der Waals surface area contributed by atoms with E-state index in [4.69, 9.17) is 4.74 Å². The second-order valence-corrected chi connectivity index (χ2v) is 6.81. The topological polar surface area (TPSA) is 83.1 Å². The molecule has 0 radical (unpaired) electrons. The second kappa shape index (κ2) is 6.06. The van der Waals surface area contributed by atoms with Crippen molar-refractivity contribution in [2.24, 2.45) is 0 Å². The number of hydrogen-bond donors (Lipinski definition) is 2. The third-order valence-corrected chi connectivity index (χ3v) is 3.86. The Balaban J connectivity index is 1.69. The van der Waals surface area contributed by atoms with E-state index in [9.17, 15) is 4.79 Å². The standard InChI is InChI=1S/C16H23N5O2/c1-16(2,3)23-15(22)18-9-11-5-4-8-21(11)14-12-6-7-17-13(12)19-10-20-14/h6-7,10-11H,4-5,8-9H2,1-3H3,(H,18,22)(H,17,19,20)/t11-/m0/s1. The summed E-state index contributed by atoms with van der Waals surface area (Å²) in [6.07, 6.45) is 5.17. The molecule has 0 unspecified atom stereocenters. The van der Waals surface area contributed by atoms with Crippen molar-refractivity contribution < 1.29 is 9.53 Å². The number of fused-ring (bicyclic) bond motifs is 1. The average Bonchev–Trinajstić information content (AvgIpc) is 3.11. The molecule has 3 rings (SSSR count). The van der Waals surface area contributed by atoms with Crippen molar-refractivity contribution >= 4 is 22.9 Å². The summed E-state index contributed by atoms with van der Waals surface area (Å²) in [6.45, 7) is 7.05. The Hall–Kier alpha value is -2.31. The van der Waals surface area contributed by atoms with E-state index in [0.717, 1.165) is 36.2 Å². The van der Waals surface area contributed by atoms with E-state index in [1.54, 1.807) is 6.33 Å². The number of alkyl carbamates (subject to hydrolysis) is 1. The first-order chi connectivity index (χ1) is 10.9. The number of anilines is 1. The lowest BCUT2D eigenvalue weighted by molar-refractivity contribution is 0.0525. The lowest BCUT2D eigenvalue weighted by Gasteiger charge is -2.27. The first-order valence-corrected chi connectivity index (χ1v) is 7.95. The first kappa shape index (κ1) is 15.6. The van der Waals surface area contributed by atoms with E-state index in [0.29, 0.717) is 6.54 Å². The largest absolute Gasteiger partial charge is 0.444 e. The molecular weight excluding hydrogens is 294 g/mol. The monoisotopic (exact) mass is 317 g/mol. The Kier molecular flexibility index (Phi) is 4.11. The molecule has 0 spiro atoms. The predicted octanol–water partition coefficient (Wildman–Crippen LogP) is 2.45. The smallest absolute Gasteiger partial charge is 0.407 e. The molecule has 2 N–H and O–H groups in total. The second-order valence-electron chi connectivity index (χ2n) is 6.81. The summed E-state index contributed by atoms with van der Waals surface area (Å²) in [5, 5.41) is 3.88. The number of aromatic amines is 1. The molecule has 1 saturated heterocycles. The van der Waals surface area contributed by atoms with Gasteiger partial charge in [-0.3, -0.25) is 0 Å². The molecule has 0 aromatic carbocycles. The van der Waals surface area contributed by atoms with Crippen molar-refractivity contribution in [3.8, 4) is 0 Å². The maximum atomic E-state index is 11.8. The molecule has 1 atom stereocenters. The number of carbonyl (C=O) groups is 1. The normalized spacial score (nSPS) is 18.4. The molecule has 3 heterocycles. The van der Waals surface area contributed by atoms with Crippen LogP contribution in [-0.2, 0) is 4.74 Å². The number of aromatic nitrogens is 3. The van der Waals surface area contributed by atoms with Crippen LogP contribution in [0, 0.1) is 0 Å². The van der Waals surface area contributed by atoms with Gasteiger partial charge in [-0.25, -0.2) is 14.8 Å². The molecule has 124 valence electrons. The maximum Gasteiger partial charge on any atom is 0.407 e. The average molecular weight is 317 g/mol. The van der Waals surface area contributed by atoms with Gasteiger partial charge in [0.05, 0.1) is 5.39 Å². The Morgan fingerprint density at radius 3 is 3.09 bits per heavy atom. The van der Waals surface area contributed by atoms with Crippen LogP contribution in [0.3, 0.4) is 0 Å². The van der Waals surface area contributed by atoms with Gasteiger partial charge in [-0.2, -0.15) is 0 Å². The van der Waals surface area contributed by atoms with Gasteiger partial charge in [-0.05, 0) is 39.7 Å². The van der Waals surface area contributed by atoms with E-state index in [2.05, 4.69) is 25.2 Å². The van der Waals surface area contributed by atoms with Gasteiger partial charge in [0, 0.05) is 25.3 Å². The lowest BCUT2D eigenvalue weighted by Crippen LogP contribution is -2.42. The lowest BCUT2D eigenvalue weighted by atomic mass is 10.2. The molecule has 0 aliphatic carbocycles. The molecule has 7 nitrogen and oxygen atoms in total. The van der Waals surface area contributed by atoms with Gasteiger partial charge >= 0.3 is 6.09 Å². The van der Waals surface area contributed by atoms with Crippen LogP contribution in [0.2, 0.25) is 0 Å². The third kappa shape index (κ3) is 3.55. The molecule has 7 heteroatoms. The molecule has 0 saturated carbocycles. The number of rotatable bonds is 3. The number of nitrogens with zero attached hydrogens (tertiary/aromatic N) is 3. The molecule has 1 aliphatic heterocycles. The molecule has 0 bridgehead atoms. The Morgan fingerprint density at radius 2 is 2.30 bits per heavy atom. The molecule has 1 amide bonds. The van der Waals surface area contributed by atoms with Crippen LogP contribution in [-0.4, -0.2) is 45.8 Å². The highest BCUT2D eigenvalue weighted by molar-refractivity contribution is 5.87. The fourth-order valence-electron chi connectivity index (χ4n) is 2.93. The number of hydrogen-bond acceptors (Lipinski definition) is 5. The highest BCUT2D eigenvalue weighted by Crippen LogP contribution is 2.28. The Bertz CT molecular complexity index is 691. The van der Waals surface area contributed by atoms with Gasteiger partial charge < -0.3 is 19.9 Å². The van der Waals surface area contributed by atoms with E-state index >= 15 is 0 Å². The fourth-order valence-corrected chi connectivity index (χ4v) is 2.93. The first-order valence-electron chi connectivity index (χ1n) is 7.95. The highest BCUT2D eigenvalue weighted by Gasteiger charge is 2.28. The Labute approximate surface area is 135 Å². The van der Waals surface area contributed by atoms with Gasteiger partial charge in [0.25, 0.3) is 0 Å². The number of nitrogens with one attached hydrogen (secondary N) is 2. The minimum Gasteiger partial charge on any atom is -0.444 e. The fraction of sp³-hybridized carbons (Fsp3) is 0.562. The molecule has 2 aromatic heterocycles. The minimum absolute atomic E-state index is 0.218. The molecule has 1 aliphatic rings. The summed E-state index contributed by atoms with van der Waals surface area (Å²) >= 11 is 0. The van der Waals surface area contributed by atoms with Gasteiger partial charge in [-0.15, -0.1) is 0 Å². The summed E-state index contributed by atoms with van der Waals surface area (Å²) in [5.74, 6) is 0.921. The zero-order chi connectivity index (χ0) is 16.4. The molecular formula is C16H23N5O2. The van der Waals surface area contributed by atoms with Crippen molar-refractivity contribution in [2.75, 3.05) is 18.0 Å². The maximum absolute atomic E-state index is 11.8. The van der Waals surface area contributed by atoms with Crippen LogP contribution in [0.25, 0.3) is 11.0 Å². The van der Waals surface area contributed by atoms with Gasteiger partial charge in [0.15, 0.2) is 0 Å². The van der Waals surface area contributed by atoms with Crippen LogP contribution in [0.4, 0.5) is 10.6 Å². The number of amides is 1. The van der Waals surface area contributed by atoms with Crippen LogP contribution in [0.1, 0.15) is 33.6 Å².